The molecular formula is C12H15Cl3N2O. The fourth-order valence-electron chi connectivity index (χ4n) is 1.57. The summed E-state index contributed by atoms with van der Waals surface area (Å²) in [6.45, 7) is 0.541. The highest BCUT2D eigenvalue weighted by Crippen LogP contribution is 2.32. The Kier molecular flexibility index (Phi) is 5.29. The summed E-state index contributed by atoms with van der Waals surface area (Å²) in [4.78, 5) is 11.6. The zero-order chi connectivity index (χ0) is 12.5. The van der Waals surface area contributed by atoms with Gasteiger partial charge in [-0.25, -0.2) is 0 Å². The number of halogens is 3. The van der Waals surface area contributed by atoms with Crippen LogP contribution in [0.5, 0.6) is 0 Å². The molecule has 1 fully saturated rings. The lowest BCUT2D eigenvalue weighted by Crippen LogP contribution is -2.43. The van der Waals surface area contributed by atoms with Gasteiger partial charge in [-0.2, -0.15) is 0 Å². The van der Waals surface area contributed by atoms with Gasteiger partial charge in [-0.05, 0) is 37.0 Å². The summed E-state index contributed by atoms with van der Waals surface area (Å²) in [6.07, 6.45) is 2.24. The molecule has 0 saturated heterocycles. The van der Waals surface area contributed by atoms with Crippen molar-refractivity contribution in [1.29, 1.82) is 0 Å². The van der Waals surface area contributed by atoms with Gasteiger partial charge < -0.3 is 11.1 Å². The molecule has 0 aliphatic heterocycles. The van der Waals surface area contributed by atoms with Crippen LogP contribution in [-0.4, -0.2) is 18.0 Å². The van der Waals surface area contributed by atoms with Gasteiger partial charge in [0.1, 0.15) is 0 Å². The van der Waals surface area contributed by atoms with E-state index in [-0.39, 0.29) is 18.3 Å². The van der Waals surface area contributed by atoms with Crippen molar-refractivity contribution < 1.29 is 4.79 Å². The van der Waals surface area contributed by atoms with Gasteiger partial charge in [0.25, 0.3) is 0 Å². The van der Waals surface area contributed by atoms with Gasteiger partial charge in [-0.3, -0.25) is 4.79 Å². The van der Waals surface area contributed by atoms with E-state index in [4.69, 9.17) is 28.9 Å². The van der Waals surface area contributed by atoms with E-state index in [1.807, 2.05) is 6.07 Å². The van der Waals surface area contributed by atoms with Gasteiger partial charge in [-0.1, -0.05) is 29.3 Å². The molecule has 1 aliphatic rings. The average molecular weight is 310 g/mol. The molecule has 0 bridgehead atoms. The molecule has 0 aromatic heterocycles. The minimum atomic E-state index is -0.607. The highest BCUT2D eigenvalue weighted by Gasteiger charge is 2.45. The fourth-order valence-corrected chi connectivity index (χ4v) is 2.08. The number of nitrogens with one attached hydrogen (secondary N) is 1. The van der Waals surface area contributed by atoms with Crippen molar-refractivity contribution in [3.05, 3.63) is 33.8 Å². The number of carbonyl (C=O) groups is 1. The Hall–Kier alpha value is -0.480. The first-order valence-corrected chi connectivity index (χ1v) is 6.28. The number of nitrogens with two attached hydrogens (primary N) is 1. The summed E-state index contributed by atoms with van der Waals surface area (Å²) in [5, 5.41) is 4.06. The van der Waals surface area contributed by atoms with Gasteiger partial charge in [0.05, 0.1) is 5.54 Å². The third-order valence-electron chi connectivity index (χ3n) is 2.94. The van der Waals surface area contributed by atoms with E-state index in [9.17, 15) is 4.79 Å². The molecule has 0 heterocycles. The van der Waals surface area contributed by atoms with E-state index in [1.165, 1.54) is 0 Å². The first-order valence-electron chi connectivity index (χ1n) is 5.52. The van der Waals surface area contributed by atoms with Crippen molar-refractivity contribution in [3.8, 4) is 0 Å². The van der Waals surface area contributed by atoms with Crippen LogP contribution in [0.15, 0.2) is 18.2 Å². The minimum absolute atomic E-state index is 0. The summed E-state index contributed by atoms with van der Waals surface area (Å²) >= 11 is 11.8. The quantitative estimate of drug-likeness (QED) is 0.898. The van der Waals surface area contributed by atoms with Crippen molar-refractivity contribution in [2.75, 3.05) is 6.54 Å². The fraction of sp³-hybridized carbons (Fsp3) is 0.417. The number of carbonyl (C=O) groups excluding carboxylic acids is 1. The van der Waals surface area contributed by atoms with Gasteiger partial charge in [-0.15, -0.1) is 12.4 Å². The molecule has 1 aromatic carbocycles. The molecular weight excluding hydrogens is 295 g/mol. The van der Waals surface area contributed by atoms with Crippen LogP contribution in [0.2, 0.25) is 10.0 Å². The van der Waals surface area contributed by atoms with Crippen LogP contribution in [0.25, 0.3) is 0 Å². The normalized spacial score (nSPS) is 15.7. The average Bonchev–Trinajstić information content (AvgIpc) is 3.01. The van der Waals surface area contributed by atoms with Crippen LogP contribution in [0.3, 0.4) is 0 Å². The lowest BCUT2D eigenvalue weighted by molar-refractivity contribution is -0.123. The molecule has 2 rings (SSSR count). The number of amides is 1. The predicted octanol–water partition coefficient (Wildman–Crippen LogP) is 2.57. The van der Waals surface area contributed by atoms with Crippen LogP contribution in [-0.2, 0) is 11.2 Å². The summed E-state index contributed by atoms with van der Waals surface area (Å²) in [6, 6.07) is 5.35. The van der Waals surface area contributed by atoms with E-state index in [0.717, 1.165) is 18.4 Å². The Morgan fingerprint density at radius 1 is 1.39 bits per heavy atom. The van der Waals surface area contributed by atoms with Gasteiger partial charge >= 0.3 is 0 Å². The highest BCUT2D eigenvalue weighted by atomic mass is 35.5. The van der Waals surface area contributed by atoms with E-state index < -0.39 is 5.54 Å². The van der Waals surface area contributed by atoms with Crippen molar-refractivity contribution in [3.63, 3.8) is 0 Å². The lowest BCUT2D eigenvalue weighted by Gasteiger charge is -2.10. The summed E-state index contributed by atoms with van der Waals surface area (Å²) in [5.74, 6) is -0.0671. The number of benzene rings is 1. The third kappa shape index (κ3) is 3.75. The standard InChI is InChI=1S/C12H14Cl2N2O.ClH/c13-9-2-1-8(10(14)7-9)3-6-16-11(17)12(15)4-5-12;/h1-2,7H,3-6,15H2,(H,16,17);1H. The number of rotatable bonds is 4. The van der Waals surface area contributed by atoms with Crippen molar-refractivity contribution in [2.24, 2.45) is 5.73 Å². The van der Waals surface area contributed by atoms with E-state index in [2.05, 4.69) is 5.32 Å². The molecule has 0 radical (unpaired) electrons. The Morgan fingerprint density at radius 2 is 2.06 bits per heavy atom. The molecule has 1 aromatic rings. The second-order valence-corrected chi connectivity index (χ2v) is 5.24. The monoisotopic (exact) mass is 308 g/mol. The Morgan fingerprint density at radius 3 is 2.61 bits per heavy atom. The molecule has 6 heteroatoms. The first kappa shape index (κ1) is 15.6. The molecule has 1 aliphatic carbocycles. The van der Waals surface area contributed by atoms with Crippen LogP contribution in [0.4, 0.5) is 0 Å². The second-order valence-electron chi connectivity index (χ2n) is 4.40. The van der Waals surface area contributed by atoms with Crippen molar-refractivity contribution >= 4 is 41.5 Å². The van der Waals surface area contributed by atoms with Crippen LogP contribution < -0.4 is 11.1 Å². The van der Waals surface area contributed by atoms with Crippen molar-refractivity contribution in [1.82, 2.24) is 5.32 Å². The van der Waals surface area contributed by atoms with E-state index in [1.54, 1.807) is 12.1 Å². The van der Waals surface area contributed by atoms with E-state index in [0.29, 0.717) is 23.0 Å². The maximum atomic E-state index is 11.6. The summed E-state index contributed by atoms with van der Waals surface area (Å²) in [7, 11) is 0. The predicted molar refractivity (Wildman–Crippen MR) is 76.6 cm³/mol. The molecule has 1 amide bonds. The van der Waals surface area contributed by atoms with Crippen LogP contribution in [0, 0.1) is 0 Å². The SMILES string of the molecule is Cl.NC1(C(=O)NCCc2ccc(Cl)cc2Cl)CC1. The molecule has 0 spiro atoms. The summed E-state index contributed by atoms with van der Waals surface area (Å²) in [5.41, 5.74) is 6.13. The molecule has 3 N–H and O–H groups in total. The van der Waals surface area contributed by atoms with Gasteiger partial charge in [0, 0.05) is 16.6 Å². The molecule has 100 valence electrons. The highest BCUT2D eigenvalue weighted by molar-refractivity contribution is 6.35. The van der Waals surface area contributed by atoms with Crippen LogP contribution in [0.1, 0.15) is 18.4 Å². The summed E-state index contributed by atoms with van der Waals surface area (Å²) < 4.78 is 0. The Labute approximate surface area is 122 Å². The minimum Gasteiger partial charge on any atom is -0.354 e. The largest absolute Gasteiger partial charge is 0.354 e. The van der Waals surface area contributed by atoms with Crippen molar-refractivity contribution in [2.45, 2.75) is 24.8 Å². The first-order chi connectivity index (χ1) is 8.01. The smallest absolute Gasteiger partial charge is 0.240 e. The maximum absolute atomic E-state index is 11.6. The second kappa shape index (κ2) is 6.11. The third-order valence-corrected chi connectivity index (χ3v) is 3.52. The van der Waals surface area contributed by atoms with Crippen LogP contribution >= 0.6 is 35.6 Å². The molecule has 1 saturated carbocycles. The Balaban J connectivity index is 0.00000162. The zero-order valence-electron chi connectivity index (χ0n) is 9.71. The molecule has 0 unspecified atom stereocenters. The maximum Gasteiger partial charge on any atom is 0.240 e. The molecule has 18 heavy (non-hydrogen) atoms. The number of hydrogen-bond acceptors (Lipinski definition) is 2. The van der Waals surface area contributed by atoms with E-state index >= 15 is 0 Å². The topological polar surface area (TPSA) is 55.1 Å². The molecule has 3 nitrogen and oxygen atoms in total. The number of hydrogen-bond donors (Lipinski definition) is 2. The molecule has 0 atom stereocenters. The van der Waals surface area contributed by atoms with Gasteiger partial charge in [0.2, 0.25) is 5.91 Å². The Bertz CT molecular complexity index is 447. The van der Waals surface area contributed by atoms with Gasteiger partial charge in [0.15, 0.2) is 0 Å². The lowest BCUT2D eigenvalue weighted by atomic mass is 10.1. The zero-order valence-corrected chi connectivity index (χ0v) is 12.0.